The molecule has 90 valence electrons. The highest BCUT2D eigenvalue weighted by molar-refractivity contribution is 9.10. The van der Waals surface area contributed by atoms with Crippen molar-refractivity contribution in [3.05, 3.63) is 46.4 Å². The average Bonchev–Trinajstić information content (AvgIpc) is 2.65. The van der Waals surface area contributed by atoms with E-state index in [1.807, 2.05) is 30.3 Å². The molecule has 0 spiro atoms. The lowest BCUT2D eigenvalue weighted by Gasteiger charge is -1.97. The van der Waals surface area contributed by atoms with Gasteiger partial charge in [-0.3, -0.25) is 4.79 Å². The van der Waals surface area contributed by atoms with Crippen molar-refractivity contribution in [3.63, 3.8) is 0 Å². The molecule has 0 atom stereocenters. The van der Waals surface area contributed by atoms with Gasteiger partial charge in [-0.25, -0.2) is 0 Å². The van der Waals surface area contributed by atoms with Crippen molar-refractivity contribution in [2.75, 3.05) is 0 Å². The number of benzene rings is 2. The van der Waals surface area contributed by atoms with Crippen molar-refractivity contribution in [2.45, 2.75) is 6.42 Å². The first-order valence-electron chi connectivity index (χ1n) is 5.55. The molecule has 1 aromatic heterocycles. The number of hydrogen-bond acceptors (Lipinski definition) is 1. The highest BCUT2D eigenvalue weighted by Gasteiger charge is 2.07. The third-order valence-electron chi connectivity index (χ3n) is 2.98. The summed E-state index contributed by atoms with van der Waals surface area (Å²) in [5, 5.41) is 11.1. The van der Waals surface area contributed by atoms with Crippen molar-refractivity contribution in [1.29, 1.82) is 0 Å². The predicted octanol–water partition coefficient (Wildman–Crippen LogP) is 3.71. The van der Waals surface area contributed by atoms with Gasteiger partial charge >= 0.3 is 5.97 Å². The SMILES string of the molecule is O=C(O)Cc1ccc2c(c1)[nH]c1ccc(Br)cc12. The fourth-order valence-electron chi connectivity index (χ4n) is 2.21. The number of H-pyrrole nitrogens is 1. The van der Waals surface area contributed by atoms with Gasteiger partial charge in [-0.05, 0) is 29.8 Å². The number of aliphatic carboxylic acids is 1. The number of carboxylic acids is 1. The number of carboxylic acid groups (broad SMARTS) is 1. The minimum atomic E-state index is -0.812. The van der Waals surface area contributed by atoms with E-state index in [9.17, 15) is 4.79 Å². The van der Waals surface area contributed by atoms with Crippen LogP contribution in [-0.4, -0.2) is 16.1 Å². The summed E-state index contributed by atoms with van der Waals surface area (Å²) in [6.45, 7) is 0. The minimum Gasteiger partial charge on any atom is -0.481 e. The molecule has 18 heavy (non-hydrogen) atoms. The largest absolute Gasteiger partial charge is 0.481 e. The Hall–Kier alpha value is -1.81. The molecule has 0 unspecified atom stereocenters. The molecule has 3 aromatic rings. The van der Waals surface area contributed by atoms with E-state index in [2.05, 4.69) is 27.0 Å². The molecular weight excluding hydrogens is 294 g/mol. The Bertz CT molecular complexity index is 761. The van der Waals surface area contributed by atoms with Crippen LogP contribution in [-0.2, 0) is 11.2 Å². The van der Waals surface area contributed by atoms with Gasteiger partial charge in [0, 0.05) is 26.3 Å². The number of carbonyl (C=O) groups is 1. The zero-order chi connectivity index (χ0) is 12.7. The summed E-state index contributed by atoms with van der Waals surface area (Å²) < 4.78 is 1.03. The lowest BCUT2D eigenvalue weighted by atomic mass is 10.1. The average molecular weight is 304 g/mol. The van der Waals surface area contributed by atoms with E-state index in [1.54, 1.807) is 0 Å². The van der Waals surface area contributed by atoms with E-state index in [0.717, 1.165) is 31.8 Å². The number of aromatic nitrogens is 1. The Morgan fingerprint density at radius 3 is 2.72 bits per heavy atom. The van der Waals surface area contributed by atoms with Crippen molar-refractivity contribution in [3.8, 4) is 0 Å². The molecule has 2 N–H and O–H groups in total. The second-order valence-corrected chi connectivity index (χ2v) is 5.18. The number of halogens is 1. The van der Waals surface area contributed by atoms with Gasteiger partial charge in [0.25, 0.3) is 0 Å². The molecule has 0 saturated carbocycles. The summed E-state index contributed by atoms with van der Waals surface area (Å²) in [6.07, 6.45) is 0.0506. The van der Waals surface area contributed by atoms with Crippen LogP contribution in [0.5, 0.6) is 0 Å². The first-order valence-corrected chi connectivity index (χ1v) is 6.34. The zero-order valence-electron chi connectivity index (χ0n) is 9.40. The first-order chi connectivity index (χ1) is 8.63. The fourth-order valence-corrected chi connectivity index (χ4v) is 2.57. The molecule has 1 heterocycles. The predicted molar refractivity (Wildman–Crippen MR) is 74.8 cm³/mol. The highest BCUT2D eigenvalue weighted by atomic mass is 79.9. The fraction of sp³-hybridized carbons (Fsp3) is 0.0714. The molecule has 0 saturated heterocycles. The standard InChI is InChI=1S/C14H10BrNO2/c15-9-2-4-12-11(7-9)10-3-1-8(6-14(17)18)5-13(10)16-12/h1-5,7,16H,6H2,(H,17,18). The monoisotopic (exact) mass is 303 g/mol. The molecular formula is C14H10BrNO2. The summed E-state index contributed by atoms with van der Waals surface area (Å²) in [4.78, 5) is 14.0. The molecule has 0 bridgehead atoms. The van der Waals surface area contributed by atoms with Crippen LogP contribution in [0.3, 0.4) is 0 Å². The van der Waals surface area contributed by atoms with Crippen LogP contribution in [0.2, 0.25) is 0 Å². The van der Waals surface area contributed by atoms with E-state index >= 15 is 0 Å². The Morgan fingerprint density at radius 2 is 1.94 bits per heavy atom. The zero-order valence-corrected chi connectivity index (χ0v) is 11.0. The van der Waals surface area contributed by atoms with Crippen LogP contribution in [0.1, 0.15) is 5.56 Å². The number of rotatable bonds is 2. The van der Waals surface area contributed by atoms with Crippen LogP contribution in [0, 0.1) is 0 Å². The summed E-state index contributed by atoms with van der Waals surface area (Å²) in [6, 6.07) is 11.8. The van der Waals surface area contributed by atoms with Gasteiger partial charge in [0.05, 0.1) is 6.42 Å². The summed E-state index contributed by atoms with van der Waals surface area (Å²) in [7, 11) is 0. The van der Waals surface area contributed by atoms with Gasteiger partial charge in [-0.2, -0.15) is 0 Å². The quantitative estimate of drug-likeness (QED) is 0.758. The Balaban J connectivity index is 2.23. The van der Waals surface area contributed by atoms with Crippen LogP contribution >= 0.6 is 15.9 Å². The normalized spacial score (nSPS) is 11.2. The lowest BCUT2D eigenvalue weighted by molar-refractivity contribution is -0.136. The van der Waals surface area contributed by atoms with Gasteiger partial charge < -0.3 is 10.1 Å². The van der Waals surface area contributed by atoms with Crippen molar-refractivity contribution in [2.24, 2.45) is 0 Å². The summed E-state index contributed by atoms with van der Waals surface area (Å²) in [5.41, 5.74) is 2.84. The smallest absolute Gasteiger partial charge is 0.307 e. The van der Waals surface area contributed by atoms with Crippen LogP contribution in [0.15, 0.2) is 40.9 Å². The summed E-state index contributed by atoms with van der Waals surface area (Å²) >= 11 is 3.46. The Morgan fingerprint density at radius 1 is 1.11 bits per heavy atom. The van der Waals surface area contributed by atoms with Gasteiger partial charge in [0.15, 0.2) is 0 Å². The number of aromatic amines is 1. The molecule has 0 aliphatic heterocycles. The van der Waals surface area contributed by atoms with Gasteiger partial charge in [0.2, 0.25) is 0 Å². The second-order valence-electron chi connectivity index (χ2n) is 4.27. The van der Waals surface area contributed by atoms with Crippen molar-refractivity contribution in [1.82, 2.24) is 4.98 Å². The molecule has 3 nitrogen and oxygen atoms in total. The third-order valence-corrected chi connectivity index (χ3v) is 3.47. The molecule has 0 radical (unpaired) electrons. The first kappa shape index (κ1) is 11.3. The topological polar surface area (TPSA) is 53.1 Å². The van der Waals surface area contributed by atoms with Crippen molar-refractivity contribution >= 4 is 43.7 Å². The second kappa shape index (κ2) is 4.14. The molecule has 4 heteroatoms. The van der Waals surface area contributed by atoms with Gasteiger partial charge in [-0.15, -0.1) is 0 Å². The van der Waals surface area contributed by atoms with Crippen LogP contribution in [0.4, 0.5) is 0 Å². The maximum absolute atomic E-state index is 10.7. The van der Waals surface area contributed by atoms with Crippen LogP contribution < -0.4 is 0 Å². The van der Waals surface area contributed by atoms with E-state index in [4.69, 9.17) is 5.11 Å². The number of nitrogens with one attached hydrogen (secondary N) is 1. The Kier molecular flexibility index (Phi) is 2.59. The van der Waals surface area contributed by atoms with E-state index in [-0.39, 0.29) is 6.42 Å². The highest BCUT2D eigenvalue weighted by Crippen LogP contribution is 2.28. The molecule has 2 aromatic carbocycles. The maximum atomic E-state index is 10.7. The summed E-state index contributed by atoms with van der Waals surface area (Å²) in [5.74, 6) is -0.812. The molecule has 0 aliphatic carbocycles. The van der Waals surface area contributed by atoms with E-state index in [0.29, 0.717) is 0 Å². The third kappa shape index (κ3) is 1.88. The van der Waals surface area contributed by atoms with Crippen molar-refractivity contribution < 1.29 is 9.90 Å². The number of hydrogen-bond donors (Lipinski definition) is 2. The molecule has 3 rings (SSSR count). The van der Waals surface area contributed by atoms with E-state index in [1.165, 1.54) is 0 Å². The van der Waals surface area contributed by atoms with E-state index < -0.39 is 5.97 Å². The minimum absolute atomic E-state index is 0.0506. The van der Waals surface area contributed by atoms with Gasteiger partial charge in [-0.1, -0.05) is 28.1 Å². The maximum Gasteiger partial charge on any atom is 0.307 e. The van der Waals surface area contributed by atoms with Gasteiger partial charge in [0.1, 0.15) is 0 Å². The number of fused-ring (bicyclic) bond motifs is 3. The molecule has 0 aliphatic rings. The Labute approximate surface area is 112 Å². The lowest BCUT2D eigenvalue weighted by Crippen LogP contribution is -1.99. The molecule has 0 fully saturated rings. The molecule has 0 amide bonds. The van der Waals surface area contributed by atoms with Crippen LogP contribution in [0.25, 0.3) is 21.8 Å².